The van der Waals surface area contributed by atoms with E-state index in [4.69, 9.17) is 0 Å². The Morgan fingerprint density at radius 3 is 2.63 bits per heavy atom. The molecule has 7 nitrogen and oxygen atoms in total. The third-order valence-electron chi connectivity index (χ3n) is 3.35. The maximum Gasteiger partial charge on any atom is 0.223 e. The van der Waals surface area contributed by atoms with Gasteiger partial charge in [0.05, 0.1) is 12.1 Å². The third kappa shape index (κ3) is 3.28. The van der Waals surface area contributed by atoms with Crippen molar-refractivity contribution in [3.63, 3.8) is 0 Å². The van der Waals surface area contributed by atoms with Gasteiger partial charge in [0, 0.05) is 33.1 Å². The maximum atomic E-state index is 11.6. The Morgan fingerprint density at radius 1 is 1.21 bits per heavy atom. The number of amides is 1. The average molecular weight is 266 g/mol. The topological polar surface area (TPSA) is 67.2 Å². The SMILES string of the molecule is CN1CCN(Cc2nnnn2C(C)(C)C)CCC1=O. The zero-order valence-corrected chi connectivity index (χ0v) is 12.1. The third-order valence-corrected chi connectivity index (χ3v) is 3.35. The summed E-state index contributed by atoms with van der Waals surface area (Å²) < 4.78 is 1.85. The van der Waals surface area contributed by atoms with E-state index in [0.717, 1.165) is 25.5 Å². The molecule has 0 bridgehead atoms. The molecule has 1 aliphatic heterocycles. The van der Waals surface area contributed by atoms with Crippen molar-refractivity contribution < 1.29 is 4.79 Å². The Morgan fingerprint density at radius 2 is 1.95 bits per heavy atom. The van der Waals surface area contributed by atoms with E-state index < -0.39 is 0 Å². The summed E-state index contributed by atoms with van der Waals surface area (Å²) in [7, 11) is 1.85. The number of aromatic nitrogens is 4. The molecule has 0 unspecified atom stereocenters. The van der Waals surface area contributed by atoms with Gasteiger partial charge in [-0.3, -0.25) is 9.69 Å². The summed E-state index contributed by atoms with van der Waals surface area (Å²) in [5.74, 6) is 1.06. The molecular weight excluding hydrogens is 244 g/mol. The summed E-state index contributed by atoms with van der Waals surface area (Å²) in [5, 5.41) is 11.9. The van der Waals surface area contributed by atoms with Crippen LogP contribution < -0.4 is 0 Å². The highest BCUT2D eigenvalue weighted by Crippen LogP contribution is 2.15. The Kier molecular flexibility index (Phi) is 3.84. The molecule has 0 N–H and O–H groups in total. The van der Waals surface area contributed by atoms with Crippen molar-refractivity contribution in [2.45, 2.75) is 39.3 Å². The number of hydrogen-bond donors (Lipinski definition) is 0. The first-order valence-corrected chi connectivity index (χ1v) is 6.62. The zero-order valence-electron chi connectivity index (χ0n) is 12.1. The van der Waals surface area contributed by atoms with Crippen LogP contribution in [0.2, 0.25) is 0 Å². The molecule has 0 atom stereocenters. The number of likely N-dealkylation sites (N-methyl/N-ethyl adjacent to an activating group) is 1. The first-order chi connectivity index (χ1) is 8.88. The smallest absolute Gasteiger partial charge is 0.223 e. The zero-order chi connectivity index (χ0) is 14.0. The van der Waals surface area contributed by atoms with Gasteiger partial charge < -0.3 is 4.90 Å². The minimum Gasteiger partial charge on any atom is -0.344 e. The van der Waals surface area contributed by atoms with Gasteiger partial charge in [-0.2, -0.15) is 0 Å². The second kappa shape index (κ2) is 5.24. The van der Waals surface area contributed by atoms with Crippen LogP contribution in [0.25, 0.3) is 0 Å². The van der Waals surface area contributed by atoms with E-state index in [9.17, 15) is 4.79 Å². The minimum absolute atomic E-state index is 0.128. The standard InChI is InChI=1S/C12H22N6O/c1-12(2,3)18-10(13-14-15-18)9-17-6-5-11(19)16(4)7-8-17/h5-9H2,1-4H3. The molecule has 2 rings (SSSR count). The van der Waals surface area contributed by atoms with Gasteiger partial charge in [-0.05, 0) is 31.2 Å². The fourth-order valence-electron chi connectivity index (χ4n) is 2.16. The number of nitrogens with zero attached hydrogens (tertiary/aromatic N) is 6. The largest absolute Gasteiger partial charge is 0.344 e. The normalized spacial score (nSPS) is 18.7. The van der Waals surface area contributed by atoms with Crippen molar-refractivity contribution in [1.82, 2.24) is 30.0 Å². The van der Waals surface area contributed by atoms with Crippen LogP contribution in [0.15, 0.2) is 0 Å². The van der Waals surface area contributed by atoms with Crippen molar-refractivity contribution in [1.29, 1.82) is 0 Å². The Balaban J connectivity index is 2.06. The molecule has 0 spiro atoms. The van der Waals surface area contributed by atoms with E-state index in [-0.39, 0.29) is 11.4 Å². The van der Waals surface area contributed by atoms with Crippen LogP contribution in [-0.4, -0.2) is 62.6 Å². The van der Waals surface area contributed by atoms with Crippen LogP contribution in [0, 0.1) is 0 Å². The molecule has 19 heavy (non-hydrogen) atoms. The van der Waals surface area contributed by atoms with Crippen molar-refractivity contribution in [3.05, 3.63) is 5.82 Å². The van der Waals surface area contributed by atoms with Crippen LogP contribution in [0.5, 0.6) is 0 Å². The molecule has 0 aromatic carbocycles. The summed E-state index contributed by atoms with van der Waals surface area (Å²) >= 11 is 0. The second-order valence-electron chi connectivity index (χ2n) is 6.02. The van der Waals surface area contributed by atoms with Crippen molar-refractivity contribution in [2.24, 2.45) is 0 Å². The molecular formula is C12H22N6O. The van der Waals surface area contributed by atoms with Crippen LogP contribution in [0.3, 0.4) is 0 Å². The summed E-state index contributed by atoms with van der Waals surface area (Å²) in [6, 6.07) is 0. The van der Waals surface area contributed by atoms with Crippen molar-refractivity contribution in [2.75, 3.05) is 26.7 Å². The molecule has 1 aromatic rings. The fraction of sp³-hybridized carbons (Fsp3) is 0.833. The molecule has 1 aromatic heterocycles. The highest BCUT2D eigenvalue weighted by Gasteiger charge is 2.23. The predicted molar refractivity (Wildman–Crippen MR) is 70.3 cm³/mol. The van der Waals surface area contributed by atoms with Gasteiger partial charge in [0.15, 0.2) is 5.82 Å². The predicted octanol–water partition coefficient (Wildman–Crippen LogP) is 0.0922. The van der Waals surface area contributed by atoms with Gasteiger partial charge in [-0.1, -0.05) is 0 Å². The van der Waals surface area contributed by atoms with Crippen LogP contribution >= 0.6 is 0 Å². The number of carbonyl (C=O) groups is 1. The highest BCUT2D eigenvalue weighted by atomic mass is 16.2. The van der Waals surface area contributed by atoms with Gasteiger partial charge in [0.2, 0.25) is 5.91 Å². The first kappa shape index (κ1) is 13.9. The molecule has 1 aliphatic rings. The van der Waals surface area contributed by atoms with Crippen LogP contribution in [0.4, 0.5) is 0 Å². The number of carbonyl (C=O) groups excluding carboxylic acids is 1. The maximum absolute atomic E-state index is 11.6. The fourth-order valence-corrected chi connectivity index (χ4v) is 2.16. The van der Waals surface area contributed by atoms with E-state index in [1.54, 1.807) is 4.90 Å². The Bertz CT molecular complexity index is 449. The van der Waals surface area contributed by atoms with E-state index in [1.807, 2.05) is 11.7 Å². The van der Waals surface area contributed by atoms with E-state index >= 15 is 0 Å². The lowest BCUT2D eigenvalue weighted by molar-refractivity contribution is -0.129. The first-order valence-electron chi connectivity index (χ1n) is 6.62. The lowest BCUT2D eigenvalue weighted by Crippen LogP contribution is -2.32. The lowest BCUT2D eigenvalue weighted by Gasteiger charge is -2.23. The van der Waals surface area contributed by atoms with Crippen molar-refractivity contribution in [3.8, 4) is 0 Å². The molecule has 1 amide bonds. The van der Waals surface area contributed by atoms with Gasteiger partial charge in [-0.15, -0.1) is 5.10 Å². The highest BCUT2D eigenvalue weighted by molar-refractivity contribution is 5.76. The molecule has 106 valence electrons. The van der Waals surface area contributed by atoms with Gasteiger partial charge in [0.1, 0.15) is 0 Å². The van der Waals surface area contributed by atoms with Gasteiger partial charge in [-0.25, -0.2) is 4.68 Å². The molecule has 2 heterocycles. The molecule has 0 radical (unpaired) electrons. The van der Waals surface area contributed by atoms with Gasteiger partial charge >= 0.3 is 0 Å². The van der Waals surface area contributed by atoms with E-state index in [0.29, 0.717) is 13.0 Å². The summed E-state index contributed by atoms with van der Waals surface area (Å²) in [5.41, 5.74) is -0.128. The van der Waals surface area contributed by atoms with E-state index in [1.165, 1.54) is 0 Å². The summed E-state index contributed by atoms with van der Waals surface area (Å²) in [4.78, 5) is 15.7. The number of rotatable bonds is 2. The molecule has 0 aliphatic carbocycles. The van der Waals surface area contributed by atoms with Crippen LogP contribution in [-0.2, 0) is 16.9 Å². The molecule has 7 heteroatoms. The minimum atomic E-state index is -0.128. The number of tetrazole rings is 1. The van der Waals surface area contributed by atoms with Crippen molar-refractivity contribution >= 4 is 5.91 Å². The monoisotopic (exact) mass is 266 g/mol. The summed E-state index contributed by atoms with van der Waals surface area (Å²) in [6.45, 7) is 9.30. The van der Waals surface area contributed by atoms with Gasteiger partial charge in [0.25, 0.3) is 0 Å². The number of hydrogen-bond acceptors (Lipinski definition) is 5. The second-order valence-corrected chi connectivity index (χ2v) is 6.02. The molecule has 1 saturated heterocycles. The lowest BCUT2D eigenvalue weighted by atomic mass is 10.1. The Labute approximate surface area is 113 Å². The molecule has 1 fully saturated rings. The molecule has 0 saturated carbocycles. The van der Waals surface area contributed by atoms with Crippen LogP contribution in [0.1, 0.15) is 33.0 Å². The summed E-state index contributed by atoms with van der Waals surface area (Å²) in [6.07, 6.45) is 0.563. The average Bonchev–Trinajstić information content (AvgIpc) is 2.73. The Hall–Kier alpha value is -1.50. The quantitative estimate of drug-likeness (QED) is 0.759. The van der Waals surface area contributed by atoms with E-state index in [2.05, 4.69) is 41.2 Å².